The van der Waals surface area contributed by atoms with Crippen molar-refractivity contribution in [2.75, 3.05) is 53.9 Å². The molecule has 0 aliphatic rings. The van der Waals surface area contributed by atoms with Crippen LogP contribution in [0.1, 0.15) is 39.5 Å². The number of hydrogen-bond donors (Lipinski definition) is 2. The minimum absolute atomic E-state index is 0.0202. The summed E-state index contributed by atoms with van der Waals surface area (Å²) in [5.41, 5.74) is 0. The molecule has 0 saturated heterocycles. The maximum atomic E-state index is 11.8. The zero-order chi connectivity index (χ0) is 19.6. The summed E-state index contributed by atoms with van der Waals surface area (Å²) >= 11 is 0. The Bertz CT molecular complexity index is 334. The molecule has 2 unspecified atom stereocenters. The molecule has 2 atom stereocenters. The molecule has 0 aliphatic heterocycles. The lowest BCUT2D eigenvalue weighted by atomic mass is 10.1. The summed E-state index contributed by atoms with van der Waals surface area (Å²) in [6.45, 7) is 6.83. The van der Waals surface area contributed by atoms with Gasteiger partial charge in [0.15, 0.2) is 0 Å². The predicted molar refractivity (Wildman–Crippen MR) is 99.1 cm³/mol. The van der Waals surface area contributed by atoms with E-state index in [4.69, 9.17) is 18.9 Å². The van der Waals surface area contributed by atoms with Crippen LogP contribution >= 0.6 is 0 Å². The van der Waals surface area contributed by atoms with Crippen LogP contribution in [0.3, 0.4) is 0 Å². The van der Waals surface area contributed by atoms with Crippen LogP contribution in [0, 0.1) is 0 Å². The molecule has 8 nitrogen and oxygen atoms in total. The van der Waals surface area contributed by atoms with E-state index in [1.807, 2.05) is 13.8 Å². The van der Waals surface area contributed by atoms with E-state index in [9.17, 15) is 9.59 Å². The predicted octanol–water partition coefficient (Wildman–Crippen LogP) is 0.882. The first-order valence-corrected chi connectivity index (χ1v) is 9.21. The molecule has 0 fully saturated rings. The third kappa shape index (κ3) is 16.3. The minimum Gasteiger partial charge on any atom is -0.382 e. The molecule has 26 heavy (non-hydrogen) atoms. The van der Waals surface area contributed by atoms with Crippen LogP contribution < -0.4 is 10.6 Å². The summed E-state index contributed by atoms with van der Waals surface area (Å²) in [4.78, 5) is 23.6. The third-order valence-corrected chi connectivity index (χ3v) is 3.47. The van der Waals surface area contributed by atoms with Gasteiger partial charge in [-0.05, 0) is 26.7 Å². The Kier molecular flexibility index (Phi) is 16.4. The minimum atomic E-state index is -0.0402. The molecule has 0 heterocycles. The van der Waals surface area contributed by atoms with Crippen molar-refractivity contribution in [2.24, 2.45) is 0 Å². The van der Waals surface area contributed by atoms with Crippen molar-refractivity contribution in [3.05, 3.63) is 0 Å². The van der Waals surface area contributed by atoms with Crippen molar-refractivity contribution < 1.29 is 28.5 Å². The van der Waals surface area contributed by atoms with Crippen LogP contribution in [0.5, 0.6) is 0 Å². The highest BCUT2D eigenvalue weighted by Crippen LogP contribution is 2.01. The molecular formula is C18H36N2O6. The third-order valence-electron chi connectivity index (χ3n) is 3.47. The van der Waals surface area contributed by atoms with Crippen molar-refractivity contribution in [2.45, 2.75) is 51.6 Å². The van der Waals surface area contributed by atoms with Gasteiger partial charge in [0.2, 0.25) is 11.8 Å². The summed E-state index contributed by atoms with van der Waals surface area (Å²) in [7, 11) is 3.23. The summed E-state index contributed by atoms with van der Waals surface area (Å²) in [6, 6.07) is -0.0803. The lowest BCUT2D eigenvalue weighted by molar-refractivity contribution is -0.124. The molecular weight excluding hydrogens is 340 g/mol. The average Bonchev–Trinajstić information content (AvgIpc) is 2.59. The molecule has 0 aromatic rings. The van der Waals surface area contributed by atoms with Gasteiger partial charge in [0, 0.05) is 39.1 Å². The first kappa shape index (κ1) is 24.8. The first-order valence-electron chi connectivity index (χ1n) is 9.21. The van der Waals surface area contributed by atoms with Gasteiger partial charge in [-0.1, -0.05) is 0 Å². The van der Waals surface area contributed by atoms with Gasteiger partial charge in [-0.25, -0.2) is 0 Å². The number of carbonyl (C=O) groups excluding carboxylic acids is 2. The van der Waals surface area contributed by atoms with E-state index in [-0.39, 0.29) is 23.9 Å². The second kappa shape index (κ2) is 17.2. The van der Waals surface area contributed by atoms with Gasteiger partial charge in [-0.2, -0.15) is 0 Å². The molecule has 0 aromatic heterocycles. The Morgan fingerprint density at radius 1 is 0.731 bits per heavy atom. The van der Waals surface area contributed by atoms with Gasteiger partial charge in [0.25, 0.3) is 0 Å². The number of amides is 2. The summed E-state index contributed by atoms with van der Waals surface area (Å²) in [5, 5.41) is 5.76. The molecule has 0 radical (unpaired) electrons. The van der Waals surface area contributed by atoms with Gasteiger partial charge in [0.05, 0.1) is 39.6 Å². The van der Waals surface area contributed by atoms with E-state index in [1.54, 1.807) is 14.2 Å². The SMILES string of the molecule is COCCOCC(C)NC(=O)CCCCC(=O)NC(C)COCCOC. The molecule has 0 aromatic carbocycles. The maximum absolute atomic E-state index is 11.8. The van der Waals surface area contributed by atoms with Crippen LogP contribution in [0.2, 0.25) is 0 Å². The van der Waals surface area contributed by atoms with Crippen molar-refractivity contribution in [3.63, 3.8) is 0 Å². The standard InChI is InChI=1S/C18H36N2O6/c1-15(13-25-11-9-23-3)19-17(21)7-5-6-8-18(22)20-16(2)14-26-12-10-24-4/h15-16H,5-14H2,1-4H3,(H,19,21)(H,20,22). The summed E-state index contributed by atoms with van der Waals surface area (Å²) < 4.78 is 20.5. The van der Waals surface area contributed by atoms with Gasteiger partial charge < -0.3 is 29.6 Å². The largest absolute Gasteiger partial charge is 0.382 e. The Labute approximate surface area is 157 Å². The fraction of sp³-hybridized carbons (Fsp3) is 0.889. The highest BCUT2D eigenvalue weighted by Gasteiger charge is 2.10. The Balaban J connectivity index is 3.61. The van der Waals surface area contributed by atoms with E-state index in [2.05, 4.69) is 10.6 Å². The molecule has 0 spiro atoms. The maximum Gasteiger partial charge on any atom is 0.220 e. The average molecular weight is 376 g/mol. The number of nitrogens with one attached hydrogen (secondary N) is 2. The zero-order valence-electron chi connectivity index (χ0n) is 16.7. The Morgan fingerprint density at radius 2 is 1.12 bits per heavy atom. The number of ether oxygens (including phenoxy) is 4. The van der Waals surface area contributed by atoms with Crippen molar-refractivity contribution in [1.29, 1.82) is 0 Å². The first-order chi connectivity index (χ1) is 12.5. The van der Waals surface area contributed by atoms with Crippen LogP contribution in [0.25, 0.3) is 0 Å². The summed E-state index contributed by atoms with van der Waals surface area (Å²) in [6.07, 6.45) is 2.17. The lowest BCUT2D eigenvalue weighted by Gasteiger charge is -2.15. The molecule has 2 N–H and O–H groups in total. The molecule has 0 bridgehead atoms. The fourth-order valence-corrected chi connectivity index (χ4v) is 2.15. The van der Waals surface area contributed by atoms with E-state index >= 15 is 0 Å². The monoisotopic (exact) mass is 376 g/mol. The van der Waals surface area contributed by atoms with Gasteiger partial charge in [0.1, 0.15) is 0 Å². The van der Waals surface area contributed by atoms with Gasteiger partial charge in [-0.3, -0.25) is 9.59 Å². The van der Waals surface area contributed by atoms with Crippen LogP contribution in [-0.4, -0.2) is 77.8 Å². The highest BCUT2D eigenvalue weighted by atomic mass is 16.5. The van der Waals surface area contributed by atoms with Crippen molar-refractivity contribution in [1.82, 2.24) is 10.6 Å². The van der Waals surface area contributed by atoms with E-state index in [0.29, 0.717) is 65.3 Å². The Morgan fingerprint density at radius 3 is 1.46 bits per heavy atom. The van der Waals surface area contributed by atoms with Gasteiger partial charge in [-0.15, -0.1) is 0 Å². The number of rotatable bonds is 17. The fourth-order valence-electron chi connectivity index (χ4n) is 2.15. The van der Waals surface area contributed by atoms with Crippen LogP contribution in [0.4, 0.5) is 0 Å². The van der Waals surface area contributed by atoms with E-state index < -0.39 is 0 Å². The molecule has 8 heteroatoms. The molecule has 2 amide bonds. The number of methoxy groups -OCH3 is 2. The molecule has 0 rings (SSSR count). The topological polar surface area (TPSA) is 95.1 Å². The second-order valence-electron chi connectivity index (χ2n) is 6.28. The van der Waals surface area contributed by atoms with Crippen LogP contribution in [0.15, 0.2) is 0 Å². The number of unbranched alkanes of at least 4 members (excludes halogenated alkanes) is 1. The quantitative estimate of drug-likeness (QED) is 0.366. The second-order valence-corrected chi connectivity index (χ2v) is 6.28. The lowest BCUT2D eigenvalue weighted by Crippen LogP contribution is -2.36. The number of hydrogen-bond acceptors (Lipinski definition) is 6. The van der Waals surface area contributed by atoms with Crippen LogP contribution in [-0.2, 0) is 28.5 Å². The molecule has 0 aliphatic carbocycles. The zero-order valence-corrected chi connectivity index (χ0v) is 16.7. The van der Waals surface area contributed by atoms with E-state index in [1.165, 1.54) is 0 Å². The highest BCUT2D eigenvalue weighted by molar-refractivity contribution is 5.77. The molecule has 0 saturated carbocycles. The Hall–Kier alpha value is -1.22. The van der Waals surface area contributed by atoms with Crippen molar-refractivity contribution in [3.8, 4) is 0 Å². The van der Waals surface area contributed by atoms with Crippen molar-refractivity contribution >= 4 is 11.8 Å². The normalized spacial score (nSPS) is 13.2. The smallest absolute Gasteiger partial charge is 0.220 e. The van der Waals surface area contributed by atoms with Gasteiger partial charge >= 0.3 is 0 Å². The number of carbonyl (C=O) groups is 2. The van der Waals surface area contributed by atoms with E-state index in [0.717, 1.165) is 0 Å². The molecule has 154 valence electrons. The summed E-state index contributed by atoms with van der Waals surface area (Å²) in [5.74, 6) is -0.0404.